The van der Waals surface area contributed by atoms with Gasteiger partial charge in [-0.2, -0.15) is 5.10 Å². The van der Waals surface area contributed by atoms with E-state index in [0.29, 0.717) is 24.8 Å². The van der Waals surface area contributed by atoms with Crippen molar-refractivity contribution in [2.24, 2.45) is 0 Å². The number of urea groups is 1. The molecule has 9 rings (SSSR count). The maximum absolute atomic E-state index is 13.4. The number of H-pyrrole nitrogens is 1. The number of hydrogen-bond donors (Lipinski definition) is 5. The number of nitrogens with one attached hydrogen (secondary N) is 4. The summed E-state index contributed by atoms with van der Waals surface area (Å²) in [6.45, 7) is 14.4. The average molecular weight is 888 g/mol. The number of aromatic amines is 1. The van der Waals surface area contributed by atoms with Crippen LogP contribution in [0.5, 0.6) is 5.75 Å². The molecule has 4 aromatic carbocycles. The van der Waals surface area contributed by atoms with Gasteiger partial charge >= 0.3 is 6.03 Å². The molecule has 1 atom stereocenters. The van der Waals surface area contributed by atoms with E-state index in [2.05, 4.69) is 63.5 Å². The number of fused-ring (bicyclic) bond motifs is 2. The van der Waals surface area contributed by atoms with Crippen LogP contribution < -0.4 is 20.7 Å². The minimum absolute atomic E-state index is 0.164. The second-order valence-corrected chi connectivity index (χ2v) is 17.8. The van der Waals surface area contributed by atoms with E-state index >= 15 is 0 Å². The second kappa shape index (κ2) is 20.4. The molecule has 8 aromatic rings. The first-order chi connectivity index (χ1) is 31.9. The lowest BCUT2D eigenvalue weighted by Gasteiger charge is -2.26. The Balaban J connectivity index is 0.000000192. The lowest BCUT2D eigenvalue weighted by atomic mass is 9.92. The number of halogens is 1. The van der Waals surface area contributed by atoms with Gasteiger partial charge < -0.3 is 25.5 Å². The lowest BCUT2D eigenvalue weighted by molar-refractivity contribution is 0.184. The highest BCUT2D eigenvalue weighted by Crippen LogP contribution is 2.38. The molecule has 12 nitrogen and oxygen atoms in total. The molecule has 0 aliphatic carbocycles. The van der Waals surface area contributed by atoms with Crippen molar-refractivity contribution in [3.05, 3.63) is 145 Å². The Morgan fingerprint density at radius 2 is 1.61 bits per heavy atom. The maximum atomic E-state index is 13.4. The normalized spacial score (nSPS) is 13.5. The van der Waals surface area contributed by atoms with Crippen LogP contribution in [-0.2, 0) is 5.41 Å². The number of amides is 2. The van der Waals surface area contributed by atoms with Crippen LogP contribution in [0.4, 0.5) is 26.5 Å². The van der Waals surface area contributed by atoms with Gasteiger partial charge in [0.25, 0.3) is 0 Å². The highest BCUT2D eigenvalue weighted by Gasteiger charge is 2.22. The number of carbonyl (C=O) groups excluding carboxylic acids is 1. The van der Waals surface area contributed by atoms with Crippen LogP contribution in [0.15, 0.2) is 128 Å². The van der Waals surface area contributed by atoms with Crippen molar-refractivity contribution in [2.45, 2.75) is 65.4 Å². The largest absolute Gasteiger partial charge is 0.492 e. The minimum atomic E-state index is -0.470. The fourth-order valence-corrected chi connectivity index (χ4v) is 8.03. The molecule has 1 saturated heterocycles. The molecule has 0 saturated carbocycles. The monoisotopic (exact) mass is 887 g/mol. The Hall–Kier alpha value is -7.09. The number of pyridine rings is 2. The molecule has 5 heterocycles. The third-order valence-electron chi connectivity index (χ3n) is 11.6. The molecule has 0 spiro atoms. The number of anilines is 3. The third-order valence-corrected chi connectivity index (χ3v) is 11.6. The van der Waals surface area contributed by atoms with E-state index < -0.39 is 6.10 Å². The molecule has 66 heavy (non-hydrogen) atoms. The Morgan fingerprint density at radius 1 is 0.848 bits per heavy atom. The second-order valence-electron chi connectivity index (χ2n) is 17.8. The van der Waals surface area contributed by atoms with E-state index in [1.165, 1.54) is 37.0 Å². The number of aromatic nitrogens is 5. The van der Waals surface area contributed by atoms with Crippen molar-refractivity contribution in [3.8, 4) is 33.8 Å². The predicted molar refractivity (Wildman–Crippen MR) is 264 cm³/mol. The first-order valence-electron chi connectivity index (χ1n) is 22.6. The molecule has 1 fully saturated rings. The Bertz CT molecular complexity index is 2900. The number of rotatable bonds is 12. The summed E-state index contributed by atoms with van der Waals surface area (Å²) in [6.07, 6.45) is 6.87. The van der Waals surface area contributed by atoms with Gasteiger partial charge in [-0.3, -0.25) is 15.2 Å². The van der Waals surface area contributed by atoms with Gasteiger partial charge in [-0.25, -0.2) is 18.9 Å². The van der Waals surface area contributed by atoms with Crippen LogP contribution in [-0.4, -0.2) is 79.7 Å². The molecule has 5 N–H and O–H groups in total. The lowest BCUT2D eigenvalue weighted by Crippen LogP contribution is -2.33. The summed E-state index contributed by atoms with van der Waals surface area (Å²) < 4.78 is 21.4. The summed E-state index contributed by atoms with van der Waals surface area (Å²) in [7, 11) is 0. The number of aliphatic hydroxyl groups is 1. The summed E-state index contributed by atoms with van der Waals surface area (Å²) >= 11 is 0. The molecule has 0 radical (unpaired) electrons. The van der Waals surface area contributed by atoms with Gasteiger partial charge in [0, 0.05) is 58.9 Å². The quantitative estimate of drug-likeness (QED) is 0.0815. The summed E-state index contributed by atoms with van der Waals surface area (Å²) in [4.78, 5) is 28.0. The molecular formula is C53H58FN9O3. The van der Waals surface area contributed by atoms with Crippen LogP contribution in [0.3, 0.4) is 0 Å². The third kappa shape index (κ3) is 11.0. The van der Waals surface area contributed by atoms with Gasteiger partial charge in [-0.15, -0.1) is 0 Å². The Kier molecular flexibility index (Phi) is 14.0. The average Bonchev–Trinajstić information content (AvgIpc) is 3.93. The number of nitrogens with zero attached hydrogens (tertiary/aromatic N) is 5. The zero-order valence-corrected chi connectivity index (χ0v) is 38.2. The minimum Gasteiger partial charge on any atom is -0.492 e. The number of ether oxygens (including phenoxy) is 1. The van der Waals surface area contributed by atoms with Crippen LogP contribution >= 0.6 is 0 Å². The standard InChI is InChI=1S/C32H39N5O2.C21H19FN4O/c1-23-12-14-24(15-13-23)37-30(22-29(35-37)32(2,3)4)34-31(38)33-27-16-17-28(26-11-7-6-10-25(26)27)39-21-20-36-18-8-5-9-19-36;1-13(27)12-25-18-11-15(8-10-23-18)20-19(14-4-6-16(22)7-5-14)21-17(26-20)3-2-9-24-21/h6-7,10-17,22H,5,8-9,18-21H2,1-4H3,(H2,33,34,38);2-11,13,26-27H,12H2,1H3,(H,23,25)/t;13-/m.0/s1. The summed E-state index contributed by atoms with van der Waals surface area (Å²) in [5.74, 6) is 1.84. The van der Waals surface area contributed by atoms with Gasteiger partial charge in [0.2, 0.25) is 0 Å². The Morgan fingerprint density at radius 3 is 2.35 bits per heavy atom. The van der Waals surface area contributed by atoms with E-state index in [1.54, 1.807) is 36.1 Å². The highest BCUT2D eigenvalue weighted by molar-refractivity contribution is 6.07. The highest BCUT2D eigenvalue weighted by atomic mass is 19.1. The van der Waals surface area contributed by atoms with Crippen molar-refractivity contribution >= 4 is 45.2 Å². The fourth-order valence-electron chi connectivity index (χ4n) is 8.03. The van der Waals surface area contributed by atoms with Crippen LogP contribution in [0.25, 0.3) is 49.9 Å². The summed E-state index contributed by atoms with van der Waals surface area (Å²) in [5.41, 5.74) is 8.86. The van der Waals surface area contributed by atoms with Gasteiger partial charge in [-0.05, 0) is 106 Å². The fraction of sp³-hybridized carbons (Fsp3) is 0.283. The smallest absolute Gasteiger partial charge is 0.324 e. The van der Waals surface area contributed by atoms with Crippen molar-refractivity contribution < 1.29 is 19.0 Å². The number of aliphatic hydroxyl groups excluding tert-OH is 1. The van der Waals surface area contributed by atoms with Crippen molar-refractivity contribution in [1.82, 2.24) is 29.6 Å². The number of likely N-dealkylation sites (tertiary alicyclic amines) is 1. The van der Waals surface area contributed by atoms with Crippen molar-refractivity contribution in [1.29, 1.82) is 0 Å². The number of aryl methyl sites for hydroxylation is 1. The van der Waals surface area contributed by atoms with E-state index in [1.807, 2.05) is 91.0 Å². The topological polar surface area (TPSA) is 145 Å². The molecule has 4 aromatic heterocycles. The van der Waals surface area contributed by atoms with Crippen LogP contribution in [0.2, 0.25) is 0 Å². The number of piperidine rings is 1. The van der Waals surface area contributed by atoms with Crippen molar-refractivity contribution in [2.75, 3.05) is 48.7 Å². The number of benzene rings is 4. The number of hydrogen-bond acceptors (Lipinski definition) is 8. The van der Waals surface area contributed by atoms with E-state index in [9.17, 15) is 14.3 Å². The van der Waals surface area contributed by atoms with E-state index in [4.69, 9.17) is 9.84 Å². The molecule has 2 amide bonds. The molecule has 1 aliphatic heterocycles. The van der Waals surface area contributed by atoms with E-state index in [-0.39, 0.29) is 17.3 Å². The van der Waals surface area contributed by atoms with Gasteiger partial charge in [0.15, 0.2) is 0 Å². The molecular weight excluding hydrogens is 830 g/mol. The van der Waals surface area contributed by atoms with Crippen LogP contribution in [0, 0.1) is 12.7 Å². The Labute approximate surface area is 385 Å². The molecule has 0 bridgehead atoms. The molecule has 13 heteroatoms. The number of carbonyl (C=O) groups is 1. The van der Waals surface area contributed by atoms with Gasteiger partial charge in [0.1, 0.15) is 29.8 Å². The summed E-state index contributed by atoms with van der Waals surface area (Å²) in [5, 5.41) is 25.4. The predicted octanol–water partition coefficient (Wildman–Crippen LogP) is 11.4. The van der Waals surface area contributed by atoms with Crippen molar-refractivity contribution in [3.63, 3.8) is 0 Å². The molecule has 1 aliphatic rings. The zero-order chi connectivity index (χ0) is 46.2. The first kappa shape index (κ1) is 45.5. The van der Waals surface area contributed by atoms with Gasteiger partial charge in [0.05, 0.1) is 39.9 Å². The SMILES string of the molecule is C[C@H](O)CNc1cc(-c2[nH]c3cccnc3c2-c2ccc(F)cc2)ccn1.Cc1ccc(-n2nc(C(C)(C)C)cc2NC(=O)Nc2ccc(OCCN3CCCCC3)c3ccccc23)cc1. The first-order valence-corrected chi connectivity index (χ1v) is 22.6. The van der Waals surface area contributed by atoms with Crippen LogP contribution in [0.1, 0.15) is 58.2 Å². The van der Waals surface area contributed by atoms with Gasteiger partial charge in [-0.1, -0.05) is 81.3 Å². The molecule has 340 valence electrons. The summed E-state index contributed by atoms with van der Waals surface area (Å²) in [6, 6.07) is 35.7. The zero-order valence-electron chi connectivity index (χ0n) is 38.2. The van der Waals surface area contributed by atoms with E-state index in [0.717, 1.165) is 86.6 Å². The maximum Gasteiger partial charge on any atom is 0.324 e. The molecule has 0 unspecified atom stereocenters.